The van der Waals surface area contributed by atoms with Gasteiger partial charge in [-0.15, -0.1) is 6.58 Å². The lowest BCUT2D eigenvalue weighted by Gasteiger charge is -2.05. The first-order valence-electron chi connectivity index (χ1n) is 3.10. The molecule has 9 heavy (non-hydrogen) atoms. The van der Waals surface area contributed by atoms with Crippen molar-refractivity contribution >= 4 is 0 Å². The average Bonchev–Trinajstić information content (AvgIpc) is 1.63. The molecule has 0 saturated carbocycles. The molecule has 0 aliphatic rings. The van der Waals surface area contributed by atoms with Gasteiger partial charge in [-0.2, -0.15) is 0 Å². The smallest absolute Gasteiger partial charge is 0.116 e. The van der Waals surface area contributed by atoms with Gasteiger partial charge in [-0.25, -0.2) is 4.39 Å². The Hall–Kier alpha value is -0.370. The van der Waals surface area contributed by atoms with Gasteiger partial charge in [0, 0.05) is 13.0 Å². The second kappa shape index (κ2) is 4.50. The predicted molar refractivity (Wildman–Crippen MR) is 38.3 cm³/mol. The van der Waals surface area contributed by atoms with Gasteiger partial charge in [-0.3, -0.25) is 0 Å². The van der Waals surface area contributed by atoms with E-state index in [1.165, 1.54) is 0 Å². The Bertz CT molecular complexity index is 90.9. The largest absolute Gasteiger partial charge is 0.317 e. The van der Waals surface area contributed by atoms with E-state index in [9.17, 15) is 4.39 Å². The van der Waals surface area contributed by atoms with Crippen molar-refractivity contribution in [2.75, 3.05) is 13.6 Å². The van der Waals surface area contributed by atoms with Crippen LogP contribution in [-0.4, -0.2) is 19.8 Å². The number of hydrogen-bond donors (Lipinski definition) is 1. The summed E-state index contributed by atoms with van der Waals surface area (Å²) in [7, 11) is 1.74. The number of halogens is 1. The lowest BCUT2D eigenvalue weighted by Crippen LogP contribution is -2.19. The van der Waals surface area contributed by atoms with Crippen LogP contribution < -0.4 is 5.32 Å². The summed E-state index contributed by atoms with van der Waals surface area (Å²) in [6, 6.07) is 0. The van der Waals surface area contributed by atoms with E-state index in [4.69, 9.17) is 0 Å². The van der Waals surface area contributed by atoms with Gasteiger partial charge in [-0.05, 0) is 14.0 Å². The van der Waals surface area contributed by atoms with Crippen molar-refractivity contribution in [3.8, 4) is 0 Å². The quantitative estimate of drug-likeness (QED) is 0.570. The standard InChI is InChI=1S/C7H14FN/c1-6(2)4-7(8)5-9-3/h7,9H,1,4-5H2,2-3H3/t7-/m1/s1. The SMILES string of the molecule is C=C(C)C[C@@H](F)CNC. The van der Waals surface area contributed by atoms with Gasteiger partial charge in [0.05, 0.1) is 0 Å². The highest BCUT2D eigenvalue weighted by Crippen LogP contribution is 2.03. The monoisotopic (exact) mass is 131 g/mol. The van der Waals surface area contributed by atoms with Crippen molar-refractivity contribution < 1.29 is 4.39 Å². The zero-order valence-corrected chi connectivity index (χ0v) is 6.08. The molecule has 0 aromatic rings. The molecule has 0 unspecified atom stereocenters. The Morgan fingerprint density at radius 3 is 2.67 bits per heavy atom. The third kappa shape index (κ3) is 5.50. The maximum absolute atomic E-state index is 12.5. The minimum absolute atomic E-state index is 0.423. The second-order valence-electron chi connectivity index (χ2n) is 2.32. The van der Waals surface area contributed by atoms with Crippen LogP contribution in [0.5, 0.6) is 0 Å². The van der Waals surface area contributed by atoms with E-state index >= 15 is 0 Å². The normalized spacial score (nSPS) is 13.2. The van der Waals surface area contributed by atoms with E-state index in [0.29, 0.717) is 13.0 Å². The first kappa shape index (κ1) is 8.63. The van der Waals surface area contributed by atoms with Crippen LogP contribution in [0.4, 0.5) is 4.39 Å². The van der Waals surface area contributed by atoms with Crippen LogP contribution in [0.2, 0.25) is 0 Å². The highest BCUT2D eigenvalue weighted by molar-refractivity contribution is 4.90. The summed E-state index contributed by atoms with van der Waals surface area (Å²) in [5.41, 5.74) is 0.901. The highest BCUT2D eigenvalue weighted by Gasteiger charge is 2.02. The predicted octanol–water partition coefficient (Wildman–Crippen LogP) is 1.51. The maximum atomic E-state index is 12.5. The Morgan fingerprint density at radius 2 is 2.33 bits per heavy atom. The zero-order valence-electron chi connectivity index (χ0n) is 6.08. The fourth-order valence-corrected chi connectivity index (χ4v) is 0.672. The molecule has 54 valence electrons. The summed E-state index contributed by atoms with van der Waals surface area (Å²) in [5, 5.41) is 2.76. The molecule has 0 aromatic heterocycles. The molecule has 0 rings (SSSR count). The van der Waals surface area contributed by atoms with Crippen molar-refractivity contribution in [3.05, 3.63) is 12.2 Å². The molecule has 0 bridgehead atoms. The van der Waals surface area contributed by atoms with Crippen LogP contribution in [-0.2, 0) is 0 Å². The molecule has 0 aliphatic heterocycles. The van der Waals surface area contributed by atoms with Gasteiger partial charge in [-0.1, -0.05) is 5.57 Å². The van der Waals surface area contributed by atoms with Crippen LogP contribution in [0.1, 0.15) is 13.3 Å². The molecule has 0 heterocycles. The molecule has 0 aliphatic carbocycles. The van der Waals surface area contributed by atoms with Crippen molar-refractivity contribution in [1.29, 1.82) is 0 Å². The summed E-state index contributed by atoms with van der Waals surface area (Å²) in [5.74, 6) is 0. The van der Waals surface area contributed by atoms with E-state index in [2.05, 4.69) is 11.9 Å². The fourth-order valence-electron chi connectivity index (χ4n) is 0.672. The Balaban J connectivity index is 3.26. The van der Waals surface area contributed by atoms with Gasteiger partial charge >= 0.3 is 0 Å². The molecular formula is C7H14FN. The van der Waals surface area contributed by atoms with Gasteiger partial charge in [0.1, 0.15) is 6.17 Å². The first-order chi connectivity index (χ1) is 4.16. The summed E-state index contributed by atoms with van der Waals surface area (Å²) >= 11 is 0. The van der Waals surface area contributed by atoms with Crippen molar-refractivity contribution in [2.45, 2.75) is 19.5 Å². The lowest BCUT2D eigenvalue weighted by molar-refractivity contribution is 0.324. The van der Waals surface area contributed by atoms with E-state index in [0.717, 1.165) is 5.57 Å². The third-order valence-electron chi connectivity index (χ3n) is 0.996. The Labute approximate surface area is 56.0 Å². The van der Waals surface area contributed by atoms with Gasteiger partial charge in [0.2, 0.25) is 0 Å². The van der Waals surface area contributed by atoms with Gasteiger partial charge in [0.15, 0.2) is 0 Å². The summed E-state index contributed by atoms with van der Waals surface area (Å²) in [6.45, 7) is 5.87. The number of alkyl halides is 1. The van der Waals surface area contributed by atoms with Gasteiger partial charge in [0.25, 0.3) is 0 Å². The number of rotatable bonds is 4. The molecule has 1 nitrogen and oxygen atoms in total. The molecule has 0 amide bonds. The van der Waals surface area contributed by atoms with Crippen LogP contribution in [0.25, 0.3) is 0 Å². The molecule has 0 fully saturated rings. The summed E-state index contributed by atoms with van der Waals surface area (Å²) < 4.78 is 12.5. The first-order valence-corrected chi connectivity index (χ1v) is 3.10. The molecule has 1 N–H and O–H groups in total. The number of hydrogen-bond acceptors (Lipinski definition) is 1. The Morgan fingerprint density at radius 1 is 1.78 bits per heavy atom. The van der Waals surface area contributed by atoms with Crippen molar-refractivity contribution in [2.24, 2.45) is 0 Å². The molecule has 1 atom stereocenters. The topological polar surface area (TPSA) is 12.0 Å². The van der Waals surface area contributed by atoms with E-state index in [1.54, 1.807) is 7.05 Å². The highest BCUT2D eigenvalue weighted by atomic mass is 19.1. The zero-order chi connectivity index (χ0) is 7.28. The number of nitrogens with one attached hydrogen (secondary N) is 1. The van der Waals surface area contributed by atoms with Crippen molar-refractivity contribution in [1.82, 2.24) is 5.32 Å². The second-order valence-corrected chi connectivity index (χ2v) is 2.32. The van der Waals surface area contributed by atoms with E-state index in [1.807, 2.05) is 6.92 Å². The number of allylic oxidation sites excluding steroid dienone is 1. The third-order valence-corrected chi connectivity index (χ3v) is 0.996. The molecule has 0 radical (unpaired) electrons. The summed E-state index contributed by atoms with van der Waals surface area (Å²) in [6.07, 6.45) is -0.298. The molecule has 0 saturated heterocycles. The summed E-state index contributed by atoms with van der Waals surface area (Å²) in [4.78, 5) is 0. The molecular weight excluding hydrogens is 117 g/mol. The minimum atomic E-state index is -0.771. The maximum Gasteiger partial charge on any atom is 0.116 e. The van der Waals surface area contributed by atoms with Crippen LogP contribution in [0.3, 0.4) is 0 Å². The molecule has 2 heteroatoms. The average molecular weight is 131 g/mol. The molecule has 0 spiro atoms. The Kier molecular flexibility index (Phi) is 4.32. The van der Waals surface area contributed by atoms with Crippen LogP contribution in [0.15, 0.2) is 12.2 Å². The molecule has 0 aromatic carbocycles. The lowest BCUT2D eigenvalue weighted by atomic mass is 10.2. The van der Waals surface area contributed by atoms with E-state index < -0.39 is 6.17 Å². The fraction of sp³-hybridized carbons (Fsp3) is 0.714. The van der Waals surface area contributed by atoms with Crippen LogP contribution >= 0.6 is 0 Å². The van der Waals surface area contributed by atoms with Crippen molar-refractivity contribution in [3.63, 3.8) is 0 Å². The minimum Gasteiger partial charge on any atom is -0.317 e. The van der Waals surface area contributed by atoms with Crippen LogP contribution in [0, 0.1) is 0 Å². The van der Waals surface area contributed by atoms with E-state index in [-0.39, 0.29) is 0 Å². The van der Waals surface area contributed by atoms with Gasteiger partial charge < -0.3 is 5.32 Å².